The van der Waals surface area contributed by atoms with Gasteiger partial charge in [0, 0.05) is 27.3 Å². The highest BCUT2D eigenvalue weighted by molar-refractivity contribution is 7.89. The van der Waals surface area contributed by atoms with Crippen molar-refractivity contribution in [3.63, 3.8) is 0 Å². The Labute approximate surface area is 117 Å². The van der Waals surface area contributed by atoms with Gasteiger partial charge >= 0.3 is 0 Å². The second kappa shape index (κ2) is 4.92. The number of fused-ring (bicyclic) bond motifs is 1. The van der Waals surface area contributed by atoms with Crippen LogP contribution in [-0.4, -0.2) is 38.5 Å². The molecule has 7 heteroatoms. The molecule has 0 saturated carbocycles. The lowest BCUT2D eigenvalue weighted by molar-refractivity contribution is 0.415. The van der Waals surface area contributed by atoms with Gasteiger partial charge in [0.2, 0.25) is 15.5 Å². The van der Waals surface area contributed by atoms with Crippen LogP contribution in [-0.2, 0) is 17.1 Å². The highest BCUT2D eigenvalue weighted by Crippen LogP contribution is 2.20. The Balaban J connectivity index is 2.90. The summed E-state index contributed by atoms with van der Waals surface area (Å²) in [7, 11) is 2.19. The monoisotopic (exact) mass is 296 g/mol. The molecule has 0 aliphatic rings. The van der Waals surface area contributed by atoms with E-state index in [1.165, 1.54) is 27.4 Å². The van der Waals surface area contributed by atoms with Gasteiger partial charge in [-0.05, 0) is 18.2 Å². The third kappa shape index (κ3) is 2.19. The third-order valence-electron chi connectivity index (χ3n) is 3.12. The maximum atomic E-state index is 12.4. The first kappa shape index (κ1) is 14.5. The Hall–Kier alpha value is -1.86. The number of sulfonamides is 1. The summed E-state index contributed by atoms with van der Waals surface area (Å²) in [6.45, 7) is 0. The third-order valence-corrected chi connectivity index (χ3v) is 4.93. The highest BCUT2D eigenvalue weighted by atomic mass is 32.2. The van der Waals surface area contributed by atoms with Crippen LogP contribution < -0.4 is 10.2 Å². The van der Waals surface area contributed by atoms with Crippen LogP contribution in [0.4, 0.5) is 0 Å². The molecule has 108 valence electrons. The molecule has 1 aromatic heterocycles. The van der Waals surface area contributed by atoms with Gasteiger partial charge in [-0.25, -0.2) is 12.7 Å². The van der Waals surface area contributed by atoms with Gasteiger partial charge < -0.3 is 9.30 Å². The van der Waals surface area contributed by atoms with Crippen LogP contribution in [0.15, 0.2) is 34.1 Å². The van der Waals surface area contributed by atoms with E-state index < -0.39 is 15.5 Å². The summed E-state index contributed by atoms with van der Waals surface area (Å²) in [4.78, 5) is 12.2. The molecule has 2 rings (SSSR count). The lowest BCUT2D eigenvalue weighted by Gasteiger charge is -2.14. The minimum atomic E-state index is -3.78. The molecule has 0 fully saturated rings. The van der Waals surface area contributed by atoms with Crippen molar-refractivity contribution in [2.24, 2.45) is 7.05 Å². The molecule has 1 aromatic carbocycles. The maximum Gasteiger partial charge on any atom is 0.247 e. The summed E-state index contributed by atoms with van der Waals surface area (Å²) in [5, 5.41) is 0.315. The summed E-state index contributed by atoms with van der Waals surface area (Å²) in [6, 6.07) is 5.00. The summed E-state index contributed by atoms with van der Waals surface area (Å²) in [5.41, 5.74) is 0.124. The van der Waals surface area contributed by atoms with Gasteiger partial charge in [-0.2, -0.15) is 0 Å². The predicted octanol–water partition coefficient (Wildman–Crippen LogP) is 0.797. The van der Waals surface area contributed by atoms with Gasteiger partial charge in [-0.1, -0.05) is 0 Å². The van der Waals surface area contributed by atoms with Crippen molar-refractivity contribution >= 4 is 20.9 Å². The first-order valence-corrected chi connectivity index (χ1v) is 7.33. The highest BCUT2D eigenvalue weighted by Gasteiger charge is 2.23. The molecule has 0 N–H and O–H groups in total. The zero-order valence-corrected chi connectivity index (χ0v) is 12.6. The second-order valence-electron chi connectivity index (χ2n) is 4.60. The fourth-order valence-electron chi connectivity index (χ4n) is 1.95. The largest absolute Gasteiger partial charge is 0.497 e. The number of methoxy groups -OCH3 is 1. The van der Waals surface area contributed by atoms with Crippen molar-refractivity contribution in [1.82, 2.24) is 8.87 Å². The lowest BCUT2D eigenvalue weighted by Crippen LogP contribution is -2.28. The number of pyridine rings is 1. The fourth-order valence-corrected chi connectivity index (χ4v) is 2.98. The Morgan fingerprint density at radius 3 is 2.45 bits per heavy atom. The van der Waals surface area contributed by atoms with Crippen molar-refractivity contribution in [2.45, 2.75) is 4.90 Å². The molecule has 0 saturated heterocycles. The number of hydrogen-bond acceptors (Lipinski definition) is 4. The lowest BCUT2D eigenvalue weighted by atomic mass is 10.2. The fraction of sp³-hybridized carbons (Fsp3) is 0.308. The minimum absolute atomic E-state index is 0.245. The molecule has 6 nitrogen and oxygen atoms in total. The summed E-state index contributed by atoms with van der Waals surface area (Å²) < 4.78 is 32.1. The molecule has 0 atom stereocenters. The van der Waals surface area contributed by atoms with E-state index in [4.69, 9.17) is 4.74 Å². The number of benzene rings is 1. The normalized spacial score (nSPS) is 12.1. The van der Waals surface area contributed by atoms with Gasteiger partial charge in [0.1, 0.15) is 10.6 Å². The van der Waals surface area contributed by atoms with E-state index in [0.29, 0.717) is 16.7 Å². The van der Waals surface area contributed by atoms with Crippen LogP contribution in [0.25, 0.3) is 10.9 Å². The zero-order valence-electron chi connectivity index (χ0n) is 11.7. The van der Waals surface area contributed by atoms with Crippen molar-refractivity contribution in [2.75, 3.05) is 21.2 Å². The molecule has 0 aliphatic heterocycles. The molecule has 1 heterocycles. The number of ether oxygens (including phenoxy) is 1. The van der Waals surface area contributed by atoms with Crippen molar-refractivity contribution in [3.05, 3.63) is 34.6 Å². The summed E-state index contributed by atoms with van der Waals surface area (Å²) >= 11 is 0. The average molecular weight is 296 g/mol. The molecule has 0 aliphatic carbocycles. The number of aryl methyl sites for hydroxylation is 1. The van der Waals surface area contributed by atoms with Gasteiger partial charge in [0.25, 0.3) is 0 Å². The Morgan fingerprint density at radius 2 is 1.90 bits per heavy atom. The van der Waals surface area contributed by atoms with E-state index in [-0.39, 0.29) is 4.90 Å². The van der Waals surface area contributed by atoms with Crippen molar-refractivity contribution in [3.8, 4) is 5.75 Å². The topological polar surface area (TPSA) is 68.6 Å². The van der Waals surface area contributed by atoms with Crippen LogP contribution in [0.3, 0.4) is 0 Å². The minimum Gasteiger partial charge on any atom is -0.497 e. The van der Waals surface area contributed by atoms with Gasteiger partial charge in [-0.15, -0.1) is 0 Å². The van der Waals surface area contributed by atoms with E-state index >= 15 is 0 Å². The quantitative estimate of drug-likeness (QED) is 0.840. The van der Waals surface area contributed by atoms with Gasteiger partial charge in [-0.3, -0.25) is 4.79 Å². The second-order valence-corrected chi connectivity index (χ2v) is 6.72. The first-order valence-electron chi connectivity index (χ1n) is 5.89. The smallest absolute Gasteiger partial charge is 0.247 e. The van der Waals surface area contributed by atoms with Crippen molar-refractivity contribution < 1.29 is 13.2 Å². The molecule has 20 heavy (non-hydrogen) atoms. The van der Waals surface area contributed by atoms with Crippen LogP contribution in [0.2, 0.25) is 0 Å². The Morgan fingerprint density at radius 1 is 1.25 bits per heavy atom. The standard InChI is InChI=1S/C13H16N2O4S/c1-14(2)20(17,18)12-8-15(3)11-6-5-9(19-4)7-10(11)13(12)16/h5-8H,1-4H3. The zero-order chi connectivity index (χ0) is 15.1. The Kier molecular flexibility index (Phi) is 3.58. The molecule has 0 unspecified atom stereocenters. The molecule has 0 bridgehead atoms. The number of nitrogens with zero attached hydrogens (tertiary/aromatic N) is 2. The van der Waals surface area contributed by atoms with Crippen LogP contribution in [0.1, 0.15) is 0 Å². The number of aromatic nitrogens is 1. The molecular formula is C13H16N2O4S. The average Bonchev–Trinajstić information content (AvgIpc) is 2.41. The molecule has 0 spiro atoms. The van der Waals surface area contributed by atoms with E-state index in [1.54, 1.807) is 29.8 Å². The molecule has 0 radical (unpaired) electrons. The molecule has 2 aromatic rings. The predicted molar refractivity (Wildman–Crippen MR) is 76.6 cm³/mol. The molecule has 0 amide bonds. The van der Waals surface area contributed by atoms with E-state index in [9.17, 15) is 13.2 Å². The van der Waals surface area contributed by atoms with Crippen LogP contribution in [0, 0.1) is 0 Å². The van der Waals surface area contributed by atoms with E-state index in [1.807, 2.05) is 0 Å². The van der Waals surface area contributed by atoms with Crippen LogP contribution in [0.5, 0.6) is 5.75 Å². The molecular weight excluding hydrogens is 280 g/mol. The Bertz CT molecular complexity index is 822. The van der Waals surface area contributed by atoms with Gasteiger partial charge in [0.15, 0.2) is 0 Å². The van der Waals surface area contributed by atoms with E-state index in [0.717, 1.165) is 4.31 Å². The van der Waals surface area contributed by atoms with E-state index in [2.05, 4.69) is 0 Å². The summed E-state index contributed by atoms with van der Waals surface area (Å²) in [6.07, 6.45) is 1.34. The maximum absolute atomic E-state index is 12.4. The number of hydrogen-bond donors (Lipinski definition) is 0. The SMILES string of the molecule is COc1ccc2c(c1)c(=O)c(S(=O)(=O)N(C)C)cn2C. The number of rotatable bonds is 3. The van der Waals surface area contributed by atoms with Crippen LogP contribution >= 0.6 is 0 Å². The van der Waals surface area contributed by atoms with Gasteiger partial charge in [0.05, 0.1) is 18.0 Å². The van der Waals surface area contributed by atoms with Crippen molar-refractivity contribution in [1.29, 1.82) is 0 Å². The summed E-state index contributed by atoms with van der Waals surface area (Å²) in [5.74, 6) is 0.508. The first-order chi connectivity index (χ1) is 9.28.